The Balaban J connectivity index is 1.69. The molecule has 0 radical (unpaired) electrons. The molecule has 1 unspecified atom stereocenters. The van der Waals surface area contributed by atoms with Gasteiger partial charge in [-0.1, -0.05) is 6.92 Å². The molecule has 2 heterocycles. The van der Waals surface area contributed by atoms with Crippen molar-refractivity contribution in [3.8, 4) is 6.07 Å². The van der Waals surface area contributed by atoms with Crippen LogP contribution in [0.5, 0.6) is 0 Å². The number of aryl methyl sites for hydroxylation is 1. The predicted molar refractivity (Wildman–Crippen MR) is 95.8 cm³/mol. The fraction of sp³-hybridized carbons (Fsp3) is 0.706. The number of nitriles is 1. The maximum Gasteiger partial charge on any atom is 0.330 e. The lowest BCUT2D eigenvalue weighted by molar-refractivity contribution is -0.0480. The molecule has 1 aliphatic carbocycles. The van der Waals surface area contributed by atoms with E-state index in [9.17, 15) is 9.59 Å². The van der Waals surface area contributed by atoms with E-state index in [1.165, 1.54) is 4.57 Å². The second kappa shape index (κ2) is 8.01. The molecule has 1 aliphatic heterocycles. The molecule has 6 atom stereocenters. The number of fused-ring (bicyclic) bond motifs is 1. The first-order chi connectivity index (χ1) is 12.4. The van der Waals surface area contributed by atoms with Gasteiger partial charge in [-0.3, -0.25) is 14.3 Å². The van der Waals surface area contributed by atoms with Crippen LogP contribution in [0.3, 0.4) is 0 Å². The molecule has 9 heteroatoms. The Morgan fingerprint density at radius 1 is 1.46 bits per heavy atom. The highest BCUT2D eigenvalue weighted by molar-refractivity contribution is 7.46. The van der Waals surface area contributed by atoms with Crippen LogP contribution in [0.15, 0.2) is 15.8 Å². The molecule has 1 aromatic rings. The fourth-order valence-corrected chi connectivity index (χ4v) is 4.82. The molecule has 26 heavy (non-hydrogen) atoms. The van der Waals surface area contributed by atoms with Crippen LogP contribution in [-0.4, -0.2) is 35.0 Å². The molecular weight excluding hydrogens is 357 g/mol. The van der Waals surface area contributed by atoms with Crippen molar-refractivity contribution < 1.29 is 13.8 Å². The molecule has 8 nitrogen and oxygen atoms in total. The van der Waals surface area contributed by atoms with Crippen LogP contribution in [0.2, 0.25) is 0 Å². The molecule has 1 saturated carbocycles. The molecule has 142 valence electrons. The van der Waals surface area contributed by atoms with Gasteiger partial charge in [0.25, 0.3) is 5.56 Å². The van der Waals surface area contributed by atoms with Crippen LogP contribution in [0.1, 0.15) is 38.0 Å². The van der Waals surface area contributed by atoms with Crippen molar-refractivity contribution in [2.24, 2.45) is 11.8 Å². The third kappa shape index (κ3) is 3.91. The van der Waals surface area contributed by atoms with Gasteiger partial charge in [0.15, 0.2) is 8.38 Å². The zero-order valence-corrected chi connectivity index (χ0v) is 16.1. The van der Waals surface area contributed by atoms with Gasteiger partial charge in [0.1, 0.15) is 6.23 Å². The number of aromatic nitrogens is 2. The summed E-state index contributed by atoms with van der Waals surface area (Å²) >= 11 is 0. The maximum absolute atomic E-state index is 12.1. The fourth-order valence-electron chi connectivity index (χ4n) is 3.82. The van der Waals surface area contributed by atoms with Crippen LogP contribution in [0, 0.1) is 30.1 Å². The lowest BCUT2D eigenvalue weighted by Gasteiger charge is -2.24. The number of hydrogen-bond acceptors (Lipinski definition) is 6. The van der Waals surface area contributed by atoms with Crippen molar-refractivity contribution >= 4 is 8.38 Å². The maximum atomic E-state index is 12.1. The number of nitrogens with one attached hydrogen (secondary N) is 1. The van der Waals surface area contributed by atoms with E-state index >= 15 is 0 Å². The molecular formula is C17H24N3O5P. The van der Waals surface area contributed by atoms with E-state index in [0.717, 1.165) is 6.42 Å². The molecule has 0 amide bonds. The van der Waals surface area contributed by atoms with Gasteiger partial charge in [-0.25, -0.2) is 4.79 Å². The largest absolute Gasteiger partial charge is 0.352 e. The lowest BCUT2D eigenvalue weighted by Crippen LogP contribution is -2.34. The van der Waals surface area contributed by atoms with Crippen LogP contribution in [0.25, 0.3) is 0 Å². The Bertz CT molecular complexity index is 801. The summed E-state index contributed by atoms with van der Waals surface area (Å²) in [4.78, 5) is 26.0. The zero-order valence-electron chi connectivity index (χ0n) is 15.2. The van der Waals surface area contributed by atoms with Crippen molar-refractivity contribution in [2.75, 3.05) is 13.3 Å². The third-order valence-corrected chi connectivity index (χ3v) is 6.25. The number of rotatable bonds is 6. The predicted octanol–water partition coefficient (Wildman–Crippen LogP) is 2.05. The highest BCUT2D eigenvalue weighted by Crippen LogP contribution is 2.50. The Morgan fingerprint density at radius 3 is 2.96 bits per heavy atom. The highest BCUT2D eigenvalue weighted by Gasteiger charge is 2.50. The van der Waals surface area contributed by atoms with Crippen molar-refractivity contribution in [3.05, 3.63) is 32.6 Å². The summed E-state index contributed by atoms with van der Waals surface area (Å²) in [6.07, 6.45) is 2.92. The van der Waals surface area contributed by atoms with E-state index < -0.39 is 20.3 Å². The van der Waals surface area contributed by atoms with Gasteiger partial charge in [-0.2, -0.15) is 5.26 Å². The van der Waals surface area contributed by atoms with Gasteiger partial charge < -0.3 is 13.8 Å². The minimum absolute atomic E-state index is 0.0854. The average molecular weight is 381 g/mol. The van der Waals surface area contributed by atoms with Gasteiger partial charge >= 0.3 is 5.69 Å². The van der Waals surface area contributed by atoms with E-state index in [-0.39, 0.29) is 17.8 Å². The monoisotopic (exact) mass is 381 g/mol. The van der Waals surface area contributed by atoms with Gasteiger partial charge in [0.05, 0.1) is 31.3 Å². The van der Waals surface area contributed by atoms with Gasteiger partial charge in [0, 0.05) is 18.4 Å². The second-order valence-corrected chi connectivity index (χ2v) is 8.32. The first-order valence-electron chi connectivity index (χ1n) is 8.78. The molecule has 2 aliphatic rings. The summed E-state index contributed by atoms with van der Waals surface area (Å²) in [5.41, 5.74) is -0.340. The zero-order chi connectivity index (χ0) is 18.8. The number of hydrogen-bond donors (Lipinski definition) is 1. The summed E-state index contributed by atoms with van der Waals surface area (Å²) < 4.78 is 19.3. The summed E-state index contributed by atoms with van der Waals surface area (Å²) in [6, 6.07) is 2.05. The summed E-state index contributed by atoms with van der Waals surface area (Å²) in [7, 11) is -1.08. The van der Waals surface area contributed by atoms with Crippen LogP contribution in [-0.2, 0) is 13.8 Å². The Kier molecular flexibility index (Phi) is 5.93. The molecule has 0 bridgehead atoms. The Hall–Kier alpha value is -1.52. The van der Waals surface area contributed by atoms with E-state index in [1.54, 1.807) is 13.1 Å². The quantitative estimate of drug-likeness (QED) is 0.597. The van der Waals surface area contributed by atoms with Crippen molar-refractivity contribution in [1.82, 2.24) is 9.55 Å². The van der Waals surface area contributed by atoms with E-state index in [0.29, 0.717) is 36.8 Å². The summed E-state index contributed by atoms with van der Waals surface area (Å²) in [5, 5.41) is 8.58. The SMILES string of the molecule is Cc1cn([C@@H]2C[C@@H]3[C@H](O2)[C@H](OP(C)OCCC#N)C[C@H]3C)c(=O)[nH]c1=O. The number of aromatic amines is 1. The topological polar surface area (TPSA) is 106 Å². The lowest BCUT2D eigenvalue weighted by atomic mass is 9.94. The molecule has 0 spiro atoms. The number of nitrogens with zero attached hydrogens (tertiary/aromatic N) is 2. The number of ether oxygens (including phenoxy) is 1. The van der Waals surface area contributed by atoms with E-state index in [4.69, 9.17) is 19.0 Å². The molecule has 2 fully saturated rings. The molecule has 1 N–H and O–H groups in total. The third-order valence-electron chi connectivity index (χ3n) is 5.14. The first-order valence-corrected chi connectivity index (χ1v) is 10.4. The minimum Gasteiger partial charge on any atom is -0.352 e. The average Bonchev–Trinajstić information content (AvgIpc) is 3.13. The minimum atomic E-state index is -1.08. The molecule has 1 saturated heterocycles. The summed E-state index contributed by atoms with van der Waals surface area (Å²) in [6.45, 7) is 6.08. The number of H-pyrrole nitrogens is 1. The molecule has 3 rings (SSSR count). The molecule has 0 aromatic carbocycles. The summed E-state index contributed by atoms with van der Waals surface area (Å²) in [5.74, 6) is 0.712. The standard InChI is InChI=1S/C17H24N3O5P/c1-10-7-13(25-26(3)23-6-4-5-18)15-12(10)8-14(24-15)20-9-11(2)16(21)19-17(20)22/h9-10,12-15H,4,6-8H2,1-3H3,(H,19,21,22)/t10-,12+,13-,14+,15+,26?/m1/s1. The van der Waals surface area contributed by atoms with Gasteiger partial charge in [0.2, 0.25) is 0 Å². The normalized spacial score (nSPS) is 31.5. The van der Waals surface area contributed by atoms with Crippen molar-refractivity contribution in [3.63, 3.8) is 0 Å². The molecule has 1 aromatic heterocycles. The van der Waals surface area contributed by atoms with Crippen molar-refractivity contribution in [2.45, 2.75) is 51.5 Å². The van der Waals surface area contributed by atoms with Crippen LogP contribution < -0.4 is 11.2 Å². The van der Waals surface area contributed by atoms with Gasteiger partial charge in [-0.15, -0.1) is 0 Å². The Labute approximate surface area is 153 Å². The van der Waals surface area contributed by atoms with E-state index in [2.05, 4.69) is 11.9 Å². The van der Waals surface area contributed by atoms with E-state index in [1.807, 2.05) is 12.7 Å². The van der Waals surface area contributed by atoms with Crippen LogP contribution in [0.4, 0.5) is 0 Å². The second-order valence-electron chi connectivity index (χ2n) is 6.97. The highest BCUT2D eigenvalue weighted by atomic mass is 31.2. The van der Waals surface area contributed by atoms with Gasteiger partial charge in [-0.05, 0) is 31.6 Å². The van der Waals surface area contributed by atoms with Crippen LogP contribution >= 0.6 is 8.38 Å². The first kappa shape index (κ1) is 19.2. The smallest absolute Gasteiger partial charge is 0.330 e. The Morgan fingerprint density at radius 2 is 2.23 bits per heavy atom. The van der Waals surface area contributed by atoms with Crippen molar-refractivity contribution in [1.29, 1.82) is 5.26 Å².